The van der Waals surface area contributed by atoms with Crippen molar-refractivity contribution >= 4 is 11.8 Å². The van der Waals surface area contributed by atoms with Gasteiger partial charge in [0.2, 0.25) is 0 Å². The normalized spacial score (nSPS) is 16.4. The first-order valence-corrected chi connectivity index (χ1v) is 5.77. The molecule has 0 aliphatic heterocycles. The van der Waals surface area contributed by atoms with Crippen LogP contribution in [0.5, 0.6) is 0 Å². The van der Waals surface area contributed by atoms with Gasteiger partial charge in [0.25, 0.3) is 0 Å². The van der Waals surface area contributed by atoms with Gasteiger partial charge in [-0.15, -0.1) is 0 Å². The summed E-state index contributed by atoms with van der Waals surface area (Å²) in [6.07, 6.45) is 5.90. The van der Waals surface area contributed by atoms with Crippen LogP contribution in [0.4, 0.5) is 0 Å². The van der Waals surface area contributed by atoms with Crippen LogP contribution < -0.4 is 5.73 Å². The lowest BCUT2D eigenvalue weighted by atomic mass is 9.85. The molecule has 0 saturated carbocycles. The van der Waals surface area contributed by atoms with Crippen LogP contribution in [0.1, 0.15) is 33.1 Å². The second-order valence-corrected chi connectivity index (χ2v) is 4.36. The number of nitrogens with two attached hydrogens (primary N) is 1. The van der Waals surface area contributed by atoms with Gasteiger partial charge >= 0.3 is 0 Å². The third kappa shape index (κ3) is 4.70. The van der Waals surface area contributed by atoms with E-state index in [4.69, 9.17) is 5.73 Å². The van der Waals surface area contributed by atoms with E-state index in [1.54, 1.807) is 0 Å². The van der Waals surface area contributed by atoms with Crippen molar-refractivity contribution in [2.75, 3.05) is 18.6 Å². The molecule has 0 aromatic rings. The monoisotopic (exact) mass is 175 g/mol. The molecule has 0 heterocycles. The summed E-state index contributed by atoms with van der Waals surface area (Å²) in [7, 11) is 0. The Hall–Kier alpha value is 0.310. The van der Waals surface area contributed by atoms with E-state index in [1.807, 2.05) is 11.8 Å². The second kappa shape index (κ2) is 5.90. The smallest absolute Gasteiger partial charge is 0.00163 e. The van der Waals surface area contributed by atoms with E-state index >= 15 is 0 Å². The highest BCUT2D eigenvalue weighted by molar-refractivity contribution is 7.98. The quantitative estimate of drug-likeness (QED) is 0.671. The molecule has 2 heteroatoms. The largest absolute Gasteiger partial charge is 0.330 e. The van der Waals surface area contributed by atoms with E-state index in [0.29, 0.717) is 5.41 Å². The maximum absolute atomic E-state index is 5.48. The van der Waals surface area contributed by atoms with Crippen LogP contribution in [-0.2, 0) is 0 Å². The molecule has 1 atom stereocenters. The highest BCUT2D eigenvalue weighted by Gasteiger charge is 2.19. The van der Waals surface area contributed by atoms with E-state index in [2.05, 4.69) is 20.1 Å². The maximum Gasteiger partial charge on any atom is -0.00163 e. The molecule has 0 spiro atoms. The Labute approximate surface area is 75.1 Å². The lowest BCUT2D eigenvalue weighted by Gasteiger charge is -2.26. The Balaban J connectivity index is 3.68. The third-order valence-electron chi connectivity index (χ3n) is 2.33. The van der Waals surface area contributed by atoms with Gasteiger partial charge in [0.05, 0.1) is 0 Å². The van der Waals surface area contributed by atoms with Gasteiger partial charge in [-0.3, -0.25) is 0 Å². The topological polar surface area (TPSA) is 26.0 Å². The van der Waals surface area contributed by atoms with Crippen LogP contribution in [0, 0.1) is 5.41 Å². The summed E-state index contributed by atoms with van der Waals surface area (Å²) in [6, 6.07) is 0. The molecular weight excluding hydrogens is 154 g/mol. The molecule has 0 amide bonds. The predicted octanol–water partition coefficient (Wildman–Crippen LogP) is 2.50. The zero-order valence-electron chi connectivity index (χ0n) is 8.02. The van der Waals surface area contributed by atoms with Gasteiger partial charge in [0, 0.05) is 0 Å². The molecule has 0 aromatic carbocycles. The average molecular weight is 175 g/mol. The van der Waals surface area contributed by atoms with Crippen molar-refractivity contribution in [2.24, 2.45) is 11.1 Å². The van der Waals surface area contributed by atoms with Crippen LogP contribution in [0.2, 0.25) is 0 Å². The van der Waals surface area contributed by atoms with Crippen LogP contribution >= 0.6 is 11.8 Å². The molecule has 0 bridgehead atoms. The lowest BCUT2D eigenvalue weighted by molar-refractivity contribution is 0.324. The van der Waals surface area contributed by atoms with Gasteiger partial charge in [-0.25, -0.2) is 0 Å². The minimum Gasteiger partial charge on any atom is -0.330 e. The molecule has 1 unspecified atom stereocenters. The van der Waals surface area contributed by atoms with Crippen molar-refractivity contribution in [1.29, 1.82) is 0 Å². The molecule has 0 saturated heterocycles. The Morgan fingerprint density at radius 1 is 1.45 bits per heavy atom. The first-order chi connectivity index (χ1) is 5.18. The standard InChI is InChI=1S/C9H21NS/c1-4-9(2,8-11-3)6-5-7-10/h4-8,10H2,1-3H3. The number of hydrogen-bond donors (Lipinski definition) is 1. The molecule has 1 nitrogen and oxygen atoms in total. The van der Waals surface area contributed by atoms with Crippen molar-refractivity contribution in [3.8, 4) is 0 Å². The summed E-state index contributed by atoms with van der Waals surface area (Å²) >= 11 is 1.94. The van der Waals surface area contributed by atoms with Crippen LogP contribution in [0.25, 0.3) is 0 Å². The second-order valence-electron chi connectivity index (χ2n) is 3.49. The van der Waals surface area contributed by atoms with Gasteiger partial charge in [0.15, 0.2) is 0 Å². The van der Waals surface area contributed by atoms with Gasteiger partial charge in [-0.1, -0.05) is 13.8 Å². The van der Waals surface area contributed by atoms with Crippen molar-refractivity contribution in [3.63, 3.8) is 0 Å². The highest BCUT2D eigenvalue weighted by atomic mass is 32.2. The molecule has 0 aromatic heterocycles. The molecule has 68 valence electrons. The number of hydrogen-bond acceptors (Lipinski definition) is 2. The Kier molecular flexibility index (Phi) is 6.06. The maximum atomic E-state index is 5.48. The minimum absolute atomic E-state index is 0.527. The fourth-order valence-corrected chi connectivity index (χ4v) is 2.27. The molecule has 11 heavy (non-hydrogen) atoms. The fourth-order valence-electron chi connectivity index (χ4n) is 1.23. The zero-order chi connectivity index (χ0) is 8.74. The summed E-state index contributed by atoms with van der Waals surface area (Å²) in [5.74, 6) is 1.27. The van der Waals surface area contributed by atoms with E-state index < -0.39 is 0 Å². The van der Waals surface area contributed by atoms with Gasteiger partial charge in [-0.05, 0) is 43.2 Å². The summed E-state index contributed by atoms with van der Waals surface area (Å²) in [5, 5.41) is 0. The van der Waals surface area contributed by atoms with Gasteiger partial charge in [0.1, 0.15) is 0 Å². The minimum atomic E-state index is 0.527. The highest BCUT2D eigenvalue weighted by Crippen LogP contribution is 2.30. The van der Waals surface area contributed by atoms with Crippen molar-refractivity contribution in [1.82, 2.24) is 0 Å². The van der Waals surface area contributed by atoms with Gasteiger partial charge in [-0.2, -0.15) is 11.8 Å². The SMILES string of the molecule is CCC(C)(CCCN)CSC. The van der Waals surface area contributed by atoms with E-state index in [1.165, 1.54) is 25.0 Å². The summed E-state index contributed by atoms with van der Waals surface area (Å²) in [6.45, 7) is 5.47. The molecule has 0 aliphatic carbocycles. The third-order valence-corrected chi connectivity index (χ3v) is 3.32. The van der Waals surface area contributed by atoms with Crippen molar-refractivity contribution < 1.29 is 0 Å². The van der Waals surface area contributed by atoms with E-state index in [9.17, 15) is 0 Å². The molecule has 0 radical (unpaired) electrons. The van der Waals surface area contributed by atoms with E-state index in [0.717, 1.165) is 6.54 Å². The Morgan fingerprint density at radius 2 is 2.09 bits per heavy atom. The lowest BCUT2D eigenvalue weighted by Crippen LogP contribution is -2.19. The van der Waals surface area contributed by atoms with Gasteiger partial charge < -0.3 is 5.73 Å². The van der Waals surface area contributed by atoms with Crippen LogP contribution in [0.15, 0.2) is 0 Å². The predicted molar refractivity (Wildman–Crippen MR) is 55.1 cm³/mol. The van der Waals surface area contributed by atoms with Crippen molar-refractivity contribution in [3.05, 3.63) is 0 Å². The summed E-state index contributed by atoms with van der Waals surface area (Å²) < 4.78 is 0. The fraction of sp³-hybridized carbons (Fsp3) is 1.00. The average Bonchev–Trinajstić information content (AvgIpc) is 2.02. The summed E-state index contributed by atoms with van der Waals surface area (Å²) in [5.41, 5.74) is 6.01. The number of thioether (sulfide) groups is 1. The van der Waals surface area contributed by atoms with Crippen molar-refractivity contribution in [2.45, 2.75) is 33.1 Å². The Morgan fingerprint density at radius 3 is 2.45 bits per heavy atom. The molecule has 0 aliphatic rings. The number of rotatable bonds is 6. The van der Waals surface area contributed by atoms with Crippen LogP contribution in [-0.4, -0.2) is 18.6 Å². The zero-order valence-corrected chi connectivity index (χ0v) is 8.84. The first kappa shape index (κ1) is 11.3. The van der Waals surface area contributed by atoms with Crippen LogP contribution in [0.3, 0.4) is 0 Å². The van der Waals surface area contributed by atoms with E-state index in [-0.39, 0.29) is 0 Å². The summed E-state index contributed by atoms with van der Waals surface area (Å²) in [4.78, 5) is 0. The molecule has 0 rings (SSSR count). The molecular formula is C9H21NS. The first-order valence-electron chi connectivity index (χ1n) is 4.37. The molecule has 0 fully saturated rings. The molecule has 2 N–H and O–H groups in total. The Bertz CT molecular complexity index is 95.6.